The number of nitrogens with zero attached hydrogens (tertiary/aromatic N) is 2. The monoisotopic (exact) mass is 449 g/mol. The fourth-order valence-corrected chi connectivity index (χ4v) is 4.25. The number of likely N-dealkylation sites (tertiary alicyclic amines) is 1. The molecule has 1 heterocycles. The van der Waals surface area contributed by atoms with Crippen LogP contribution in [0.25, 0.3) is 0 Å². The average molecular weight is 450 g/mol. The molecular weight excluding hydrogens is 421 g/mol. The molecule has 30 heavy (non-hydrogen) atoms. The molecule has 2 unspecified atom stereocenters. The molecule has 1 fully saturated rings. The van der Waals surface area contributed by atoms with Gasteiger partial charge in [0.15, 0.2) is 0 Å². The van der Waals surface area contributed by atoms with Crippen molar-refractivity contribution in [3.8, 4) is 0 Å². The Bertz CT molecular complexity index is 834. The van der Waals surface area contributed by atoms with Crippen LogP contribution in [-0.2, 0) is 11.2 Å². The molecule has 162 valence electrons. The van der Waals surface area contributed by atoms with Crippen molar-refractivity contribution in [1.82, 2.24) is 15.1 Å². The van der Waals surface area contributed by atoms with Gasteiger partial charge < -0.3 is 15.3 Å². The molecule has 0 saturated carbocycles. The number of likely N-dealkylation sites (N-methyl/N-ethyl adjacent to an activating group) is 1. The van der Waals surface area contributed by atoms with Crippen molar-refractivity contribution in [2.45, 2.75) is 24.9 Å². The lowest BCUT2D eigenvalue weighted by atomic mass is 10.0. The van der Waals surface area contributed by atoms with Crippen LogP contribution in [0.5, 0.6) is 0 Å². The molecule has 1 saturated heterocycles. The topological polar surface area (TPSA) is 55.8 Å². The Morgan fingerprint density at radius 1 is 1.23 bits per heavy atom. The van der Waals surface area contributed by atoms with Crippen LogP contribution in [0.4, 0.5) is 0 Å². The number of hydrogen-bond acceptors (Lipinski definition) is 4. The molecule has 3 rings (SSSR count). The summed E-state index contributed by atoms with van der Waals surface area (Å²) in [4.78, 5) is 17.3. The van der Waals surface area contributed by atoms with Gasteiger partial charge in [0.25, 0.3) is 0 Å². The van der Waals surface area contributed by atoms with Crippen LogP contribution in [0.3, 0.4) is 0 Å². The lowest BCUT2D eigenvalue weighted by molar-refractivity contribution is -0.131. The van der Waals surface area contributed by atoms with Crippen molar-refractivity contribution >= 4 is 29.1 Å². The zero-order valence-corrected chi connectivity index (χ0v) is 18.7. The molecular formula is C23H29Cl2N3O2. The molecule has 1 aliphatic heterocycles. The third-order valence-electron chi connectivity index (χ3n) is 5.63. The quantitative estimate of drug-likeness (QED) is 0.615. The first-order valence-corrected chi connectivity index (χ1v) is 11.0. The highest BCUT2D eigenvalue weighted by atomic mass is 35.5. The fourth-order valence-electron chi connectivity index (χ4n) is 3.93. The van der Waals surface area contributed by atoms with E-state index in [4.69, 9.17) is 28.3 Å². The van der Waals surface area contributed by atoms with Crippen molar-refractivity contribution in [3.05, 3.63) is 69.7 Å². The molecule has 0 aromatic heterocycles. The standard InChI is InChI=1S/C23H29Cl2N3O2/c1-27(23(30)14-17-7-8-20(24)21(25)13-17)22(18-5-3-2-4-6-18)16-28-11-9-19(15-28)26-10-12-29/h2-8,13,19,22,26,29H,9-12,14-16H2,1H3. The first kappa shape index (κ1) is 23.0. The lowest BCUT2D eigenvalue weighted by Crippen LogP contribution is -2.40. The van der Waals surface area contributed by atoms with Gasteiger partial charge in [0.2, 0.25) is 5.91 Å². The number of carbonyl (C=O) groups excluding carboxylic acids is 1. The van der Waals surface area contributed by atoms with Crippen LogP contribution in [0, 0.1) is 0 Å². The second-order valence-electron chi connectivity index (χ2n) is 7.78. The molecule has 7 heteroatoms. The predicted octanol–water partition coefficient (Wildman–Crippen LogP) is 3.39. The Balaban J connectivity index is 1.70. The number of nitrogens with one attached hydrogen (secondary N) is 1. The number of benzene rings is 2. The zero-order chi connectivity index (χ0) is 21.5. The van der Waals surface area contributed by atoms with Crippen LogP contribution in [0.1, 0.15) is 23.6 Å². The largest absolute Gasteiger partial charge is 0.395 e. The highest BCUT2D eigenvalue weighted by Gasteiger charge is 2.28. The molecule has 5 nitrogen and oxygen atoms in total. The zero-order valence-electron chi connectivity index (χ0n) is 17.2. The van der Waals surface area contributed by atoms with E-state index in [-0.39, 0.29) is 25.0 Å². The molecule has 0 radical (unpaired) electrons. The number of hydrogen-bond donors (Lipinski definition) is 2. The summed E-state index contributed by atoms with van der Waals surface area (Å²) in [6.07, 6.45) is 1.32. The second-order valence-corrected chi connectivity index (χ2v) is 8.59. The Hall–Kier alpha value is -1.63. The SMILES string of the molecule is CN(C(=O)Cc1ccc(Cl)c(Cl)c1)C(CN1CCC(NCCO)C1)c1ccccc1. The van der Waals surface area contributed by atoms with Crippen LogP contribution in [0.2, 0.25) is 10.0 Å². The van der Waals surface area contributed by atoms with E-state index in [2.05, 4.69) is 22.3 Å². The molecule has 1 amide bonds. The molecule has 0 aliphatic carbocycles. The van der Waals surface area contributed by atoms with E-state index in [0.717, 1.165) is 37.2 Å². The van der Waals surface area contributed by atoms with E-state index >= 15 is 0 Å². The van der Waals surface area contributed by atoms with Gasteiger partial charge in [-0.2, -0.15) is 0 Å². The molecule has 1 aliphatic rings. The molecule has 2 N–H and O–H groups in total. The van der Waals surface area contributed by atoms with Gasteiger partial charge in [-0.25, -0.2) is 0 Å². The number of aliphatic hydroxyl groups is 1. The second kappa shape index (κ2) is 11.1. The normalized spacial score (nSPS) is 17.8. The Kier molecular flexibility index (Phi) is 8.54. The number of amides is 1. The first-order valence-electron chi connectivity index (χ1n) is 10.3. The highest BCUT2D eigenvalue weighted by molar-refractivity contribution is 6.42. The summed E-state index contributed by atoms with van der Waals surface area (Å²) in [6, 6.07) is 15.8. The van der Waals surface area contributed by atoms with Gasteiger partial charge in [-0.05, 0) is 36.2 Å². The van der Waals surface area contributed by atoms with Crippen LogP contribution >= 0.6 is 23.2 Å². The maximum atomic E-state index is 13.1. The van der Waals surface area contributed by atoms with Crippen molar-refractivity contribution in [2.24, 2.45) is 0 Å². The van der Waals surface area contributed by atoms with Crippen molar-refractivity contribution in [2.75, 3.05) is 39.8 Å². The van der Waals surface area contributed by atoms with Crippen molar-refractivity contribution < 1.29 is 9.90 Å². The van der Waals surface area contributed by atoms with Crippen molar-refractivity contribution in [3.63, 3.8) is 0 Å². The number of halogens is 2. The molecule has 2 atom stereocenters. The minimum absolute atomic E-state index is 0.0383. The summed E-state index contributed by atoms with van der Waals surface area (Å²) in [6.45, 7) is 3.42. The Morgan fingerprint density at radius 3 is 2.70 bits per heavy atom. The van der Waals surface area contributed by atoms with Gasteiger partial charge >= 0.3 is 0 Å². The van der Waals surface area contributed by atoms with Crippen LogP contribution in [0.15, 0.2) is 48.5 Å². The van der Waals surface area contributed by atoms with Crippen molar-refractivity contribution in [1.29, 1.82) is 0 Å². The highest BCUT2D eigenvalue weighted by Crippen LogP contribution is 2.26. The van der Waals surface area contributed by atoms with E-state index in [9.17, 15) is 4.79 Å². The summed E-state index contributed by atoms with van der Waals surface area (Å²) in [5.74, 6) is 0.0383. The maximum Gasteiger partial charge on any atom is 0.227 e. The molecule has 2 aromatic rings. The van der Waals surface area contributed by atoms with Gasteiger partial charge in [-0.1, -0.05) is 59.6 Å². The van der Waals surface area contributed by atoms with Gasteiger partial charge in [-0.3, -0.25) is 9.69 Å². The summed E-state index contributed by atoms with van der Waals surface area (Å²) in [5.41, 5.74) is 1.97. The molecule has 0 bridgehead atoms. The van der Waals surface area contributed by atoms with E-state index in [0.29, 0.717) is 22.6 Å². The summed E-state index contributed by atoms with van der Waals surface area (Å²) >= 11 is 12.1. The third kappa shape index (κ3) is 6.19. The summed E-state index contributed by atoms with van der Waals surface area (Å²) in [5, 5.41) is 13.4. The maximum absolute atomic E-state index is 13.1. The lowest BCUT2D eigenvalue weighted by Gasteiger charge is -2.32. The third-order valence-corrected chi connectivity index (χ3v) is 6.37. The van der Waals surface area contributed by atoms with E-state index < -0.39 is 0 Å². The predicted molar refractivity (Wildman–Crippen MR) is 122 cm³/mol. The van der Waals surface area contributed by atoms with E-state index in [1.165, 1.54) is 0 Å². The minimum Gasteiger partial charge on any atom is -0.395 e. The van der Waals surface area contributed by atoms with Gasteiger partial charge in [0.05, 0.1) is 29.1 Å². The van der Waals surface area contributed by atoms with Gasteiger partial charge in [0.1, 0.15) is 0 Å². The smallest absolute Gasteiger partial charge is 0.227 e. The summed E-state index contributed by atoms with van der Waals surface area (Å²) < 4.78 is 0. The number of aliphatic hydroxyl groups excluding tert-OH is 1. The Labute approximate surface area is 188 Å². The average Bonchev–Trinajstić information content (AvgIpc) is 3.20. The minimum atomic E-state index is -0.0435. The van der Waals surface area contributed by atoms with Gasteiger partial charge in [-0.15, -0.1) is 0 Å². The molecule has 0 spiro atoms. The fraction of sp³-hybridized carbons (Fsp3) is 0.435. The van der Waals surface area contributed by atoms with Crippen LogP contribution in [-0.4, -0.2) is 66.7 Å². The number of carbonyl (C=O) groups is 1. The Morgan fingerprint density at radius 2 is 2.00 bits per heavy atom. The van der Waals surface area contributed by atoms with Crippen LogP contribution < -0.4 is 5.32 Å². The van der Waals surface area contributed by atoms with E-state index in [1.807, 2.05) is 36.2 Å². The molecule has 2 aromatic carbocycles. The van der Waals surface area contributed by atoms with E-state index in [1.54, 1.807) is 12.1 Å². The first-order chi connectivity index (χ1) is 14.5. The number of rotatable bonds is 9. The van der Waals surface area contributed by atoms with Gasteiger partial charge in [0, 0.05) is 32.7 Å². The summed E-state index contributed by atoms with van der Waals surface area (Å²) in [7, 11) is 1.87.